The first-order chi connectivity index (χ1) is 14.2. The number of Topliss-reactive ketones (excluding diaryl/α,β-unsaturated/α-hetero) is 1. The van der Waals surface area contributed by atoms with Gasteiger partial charge in [-0.15, -0.1) is 6.42 Å². The van der Waals surface area contributed by atoms with E-state index in [1.165, 1.54) is 23.6 Å². The maximum Gasteiger partial charge on any atom is 0.293 e. The number of carbonyl (C=O) groups is 3. The lowest BCUT2D eigenvalue weighted by Crippen LogP contribution is -2.40. The fourth-order valence-electron chi connectivity index (χ4n) is 2.99. The van der Waals surface area contributed by atoms with Gasteiger partial charge >= 0.3 is 0 Å². The van der Waals surface area contributed by atoms with E-state index in [-0.39, 0.29) is 28.1 Å². The number of aromatic nitrogens is 1. The van der Waals surface area contributed by atoms with Crippen molar-refractivity contribution in [1.29, 1.82) is 5.26 Å². The monoisotopic (exact) mass is 410 g/mol. The molecule has 8 nitrogen and oxygen atoms in total. The van der Waals surface area contributed by atoms with E-state index in [0.29, 0.717) is 5.69 Å². The molecule has 1 atom stereocenters. The molecule has 0 radical (unpaired) electrons. The molecule has 0 saturated heterocycles. The second kappa shape index (κ2) is 9.03. The summed E-state index contributed by atoms with van der Waals surface area (Å²) in [5.41, 5.74) is 0.744. The van der Waals surface area contributed by atoms with Crippen LogP contribution in [0.4, 0.5) is 10.1 Å². The standard InChI is InChI=1S/C21H19FN4O4/c1-5-14(10-27)24-21(30)19(28)17-11(2)18(26(4)12(17)3)20(29)25-15-6-7-16(22)13(8-15)9-23/h1,6-8,14,27H,10H2,2-4H3,(H,24,30)(H,25,29)/t14-/m0/s1. The highest BCUT2D eigenvalue weighted by Gasteiger charge is 2.29. The lowest BCUT2D eigenvalue weighted by Gasteiger charge is -2.09. The van der Waals surface area contributed by atoms with Crippen molar-refractivity contribution in [3.8, 4) is 18.4 Å². The number of aliphatic hydroxyl groups excluding tert-OH is 1. The third-order valence-corrected chi connectivity index (χ3v) is 4.61. The van der Waals surface area contributed by atoms with Crippen LogP contribution in [0, 0.1) is 43.3 Å². The zero-order chi connectivity index (χ0) is 22.6. The molecule has 2 aromatic rings. The number of amides is 2. The third-order valence-electron chi connectivity index (χ3n) is 4.61. The fourth-order valence-corrected chi connectivity index (χ4v) is 2.99. The molecule has 2 rings (SSSR count). The van der Waals surface area contributed by atoms with Crippen molar-refractivity contribution in [3.63, 3.8) is 0 Å². The highest BCUT2D eigenvalue weighted by atomic mass is 19.1. The van der Waals surface area contributed by atoms with Crippen LogP contribution in [0.2, 0.25) is 0 Å². The number of hydrogen-bond donors (Lipinski definition) is 3. The molecule has 2 amide bonds. The van der Waals surface area contributed by atoms with Crippen molar-refractivity contribution in [3.05, 3.63) is 52.1 Å². The largest absolute Gasteiger partial charge is 0.393 e. The number of carbonyl (C=O) groups excluding carboxylic acids is 3. The third kappa shape index (κ3) is 4.22. The molecule has 0 fully saturated rings. The minimum atomic E-state index is -1.01. The molecule has 0 aliphatic rings. The Kier molecular flexibility index (Phi) is 6.73. The van der Waals surface area contributed by atoms with Crippen LogP contribution in [-0.2, 0) is 11.8 Å². The molecule has 154 valence electrons. The normalized spacial score (nSPS) is 11.2. The summed E-state index contributed by atoms with van der Waals surface area (Å²) in [4.78, 5) is 37.6. The molecule has 0 aliphatic heterocycles. The van der Waals surface area contributed by atoms with Crippen LogP contribution in [0.15, 0.2) is 18.2 Å². The fraction of sp³-hybridized carbons (Fsp3) is 0.238. The number of anilines is 1. The Balaban J connectivity index is 2.37. The van der Waals surface area contributed by atoms with Crippen LogP contribution >= 0.6 is 0 Å². The Morgan fingerprint density at radius 3 is 2.57 bits per heavy atom. The average Bonchev–Trinajstić information content (AvgIpc) is 2.95. The Labute approximate surface area is 172 Å². The predicted molar refractivity (Wildman–Crippen MR) is 106 cm³/mol. The van der Waals surface area contributed by atoms with Crippen LogP contribution in [0.25, 0.3) is 0 Å². The summed E-state index contributed by atoms with van der Waals surface area (Å²) in [6, 6.07) is 4.21. The van der Waals surface area contributed by atoms with Crippen molar-refractivity contribution in [2.45, 2.75) is 19.9 Å². The van der Waals surface area contributed by atoms with Crippen LogP contribution in [-0.4, -0.2) is 39.9 Å². The van der Waals surface area contributed by atoms with Crippen LogP contribution < -0.4 is 10.6 Å². The Hall–Kier alpha value is -3.95. The second-order valence-electron chi connectivity index (χ2n) is 6.46. The zero-order valence-electron chi connectivity index (χ0n) is 16.5. The second-order valence-corrected chi connectivity index (χ2v) is 6.46. The molecule has 30 heavy (non-hydrogen) atoms. The van der Waals surface area contributed by atoms with E-state index in [1.807, 2.05) is 0 Å². The molecule has 9 heteroatoms. The summed E-state index contributed by atoms with van der Waals surface area (Å²) in [6.45, 7) is 2.55. The van der Waals surface area contributed by atoms with Crippen molar-refractivity contribution in [2.24, 2.45) is 7.05 Å². The topological polar surface area (TPSA) is 124 Å². The summed E-state index contributed by atoms with van der Waals surface area (Å²) < 4.78 is 14.9. The number of terminal acetylenes is 1. The Morgan fingerprint density at radius 1 is 1.33 bits per heavy atom. The molecule has 0 saturated carbocycles. The van der Waals surface area contributed by atoms with E-state index in [4.69, 9.17) is 16.8 Å². The first-order valence-corrected chi connectivity index (χ1v) is 8.75. The van der Waals surface area contributed by atoms with E-state index in [1.54, 1.807) is 20.0 Å². The maximum absolute atomic E-state index is 13.5. The van der Waals surface area contributed by atoms with Gasteiger partial charge in [0.05, 0.1) is 17.7 Å². The van der Waals surface area contributed by atoms with Gasteiger partial charge in [0.1, 0.15) is 23.6 Å². The number of halogens is 1. The molecule has 0 aliphatic carbocycles. The Bertz CT molecular complexity index is 1120. The first-order valence-electron chi connectivity index (χ1n) is 8.75. The van der Waals surface area contributed by atoms with E-state index in [0.717, 1.165) is 6.07 Å². The number of benzene rings is 1. The summed E-state index contributed by atoms with van der Waals surface area (Å²) in [5, 5.41) is 22.8. The maximum atomic E-state index is 13.5. The van der Waals surface area contributed by atoms with Gasteiger partial charge in [-0.05, 0) is 37.6 Å². The van der Waals surface area contributed by atoms with Gasteiger partial charge in [0, 0.05) is 18.4 Å². The number of nitrogens with zero attached hydrogens (tertiary/aromatic N) is 2. The lowest BCUT2D eigenvalue weighted by atomic mass is 10.0. The smallest absolute Gasteiger partial charge is 0.293 e. The van der Waals surface area contributed by atoms with Gasteiger partial charge < -0.3 is 20.3 Å². The zero-order valence-corrected chi connectivity index (χ0v) is 16.5. The van der Waals surface area contributed by atoms with Gasteiger partial charge in [-0.25, -0.2) is 4.39 Å². The molecule has 0 unspecified atom stereocenters. The summed E-state index contributed by atoms with van der Waals surface area (Å²) in [5.74, 6) is -1.09. The van der Waals surface area contributed by atoms with Gasteiger partial charge in [-0.2, -0.15) is 5.26 Å². The minimum Gasteiger partial charge on any atom is -0.393 e. The van der Waals surface area contributed by atoms with E-state index in [9.17, 15) is 18.8 Å². The first kappa shape index (κ1) is 22.3. The summed E-state index contributed by atoms with van der Waals surface area (Å²) >= 11 is 0. The molecule has 3 N–H and O–H groups in total. The number of rotatable bonds is 6. The number of nitrogens with one attached hydrogen (secondary N) is 2. The Morgan fingerprint density at radius 2 is 2.00 bits per heavy atom. The van der Waals surface area contributed by atoms with Crippen LogP contribution in [0.5, 0.6) is 0 Å². The summed E-state index contributed by atoms with van der Waals surface area (Å²) in [7, 11) is 1.55. The minimum absolute atomic E-state index is 0.0330. The predicted octanol–water partition coefficient (Wildman–Crippen LogP) is 1.20. The van der Waals surface area contributed by atoms with Gasteiger partial charge in [0.2, 0.25) is 0 Å². The van der Waals surface area contributed by atoms with Gasteiger partial charge in [-0.3, -0.25) is 14.4 Å². The molecular formula is C21H19FN4O4. The van der Waals surface area contributed by atoms with Crippen molar-refractivity contribution in [1.82, 2.24) is 9.88 Å². The summed E-state index contributed by atoms with van der Waals surface area (Å²) in [6.07, 6.45) is 5.16. The quantitative estimate of drug-likeness (QED) is 0.375. The van der Waals surface area contributed by atoms with Gasteiger partial charge in [0.25, 0.3) is 17.6 Å². The van der Waals surface area contributed by atoms with E-state index >= 15 is 0 Å². The van der Waals surface area contributed by atoms with Crippen molar-refractivity contribution in [2.75, 3.05) is 11.9 Å². The molecular weight excluding hydrogens is 391 g/mol. The van der Waals surface area contributed by atoms with Crippen molar-refractivity contribution < 1.29 is 23.9 Å². The van der Waals surface area contributed by atoms with Crippen LogP contribution in [0.3, 0.4) is 0 Å². The van der Waals surface area contributed by atoms with Crippen molar-refractivity contribution >= 4 is 23.3 Å². The van der Waals surface area contributed by atoms with Crippen LogP contribution in [0.1, 0.15) is 37.7 Å². The SMILES string of the molecule is C#C[C@@H](CO)NC(=O)C(=O)c1c(C)c(C(=O)Nc2ccc(F)c(C#N)c2)n(C)c1C. The molecule has 1 aromatic heterocycles. The van der Waals surface area contributed by atoms with Gasteiger partial charge in [-0.1, -0.05) is 5.92 Å². The number of nitriles is 1. The van der Waals surface area contributed by atoms with Gasteiger partial charge in [0.15, 0.2) is 0 Å². The number of hydrogen-bond acceptors (Lipinski definition) is 5. The number of ketones is 1. The highest BCUT2D eigenvalue weighted by molar-refractivity contribution is 6.43. The molecule has 0 bridgehead atoms. The highest BCUT2D eigenvalue weighted by Crippen LogP contribution is 2.23. The van der Waals surface area contributed by atoms with E-state index in [2.05, 4.69) is 16.6 Å². The molecule has 1 heterocycles. The average molecular weight is 410 g/mol. The molecule has 0 spiro atoms. The lowest BCUT2D eigenvalue weighted by molar-refractivity contribution is -0.117. The number of aliphatic hydroxyl groups is 1. The van der Waals surface area contributed by atoms with E-state index < -0.39 is 36.1 Å². The molecule has 1 aromatic carbocycles.